The van der Waals surface area contributed by atoms with Crippen molar-refractivity contribution in [3.63, 3.8) is 0 Å². The van der Waals surface area contributed by atoms with Crippen LogP contribution in [0.1, 0.15) is 27.8 Å². The maximum absolute atomic E-state index is 12.8. The highest BCUT2D eigenvalue weighted by Crippen LogP contribution is 2.46. The lowest BCUT2D eigenvalue weighted by molar-refractivity contribution is -0.136. The molecule has 0 aliphatic rings. The van der Waals surface area contributed by atoms with Crippen molar-refractivity contribution in [2.45, 2.75) is 5.41 Å². The third-order valence-corrected chi connectivity index (χ3v) is 6.41. The molecular weight excluding hydrogens is 464 g/mol. The van der Waals surface area contributed by atoms with Gasteiger partial charge in [0.25, 0.3) is 0 Å². The predicted molar refractivity (Wildman–Crippen MR) is 143 cm³/mol. The molecule has 5 heteroatoms. The summed E-state index contributed by atoms with van der Waals surface area (Å²) in [5.41, 5.74) is 3.73. The van der Waals surface area contributed by atoms with Gasteiger partial charge in [0.1, 0.15) is 5.75 Å². The number of esters is 2. The first-order chi connectivity index (χ1) is 18.1. The summed E-state index contributed by atoms with van der Waals surface area (Å²) < 4.78 is 15.5. The number of benzene rings is 4. The van der Waals surface area contributed by atoms with Crippen LogP contribution in [-0.2, 0) is 24.5 Å². The monoisotopic (exact) mass is 492 g/mol. The molecular formula is C32H28O5. The minimum absolute atomic E-state index is 0.0381. The summed E-state index contributed by atoms with van der Waals surface area (Å²) in [6.07, 6.45) is 1.13. The van der Waals surface area contributed by atoms with E-state index in [0.29, 0.717) is 11.3 Å². The van der Waals surface area contributed by atoms with Crippen molar-refractivity contribution in [1.29, 1.82) is 0 Å². The van der Waals surface area contributed by atoms with Crippen LogP contribution in [0.15, 0.2) is 115 Å². The zero-order valence-electron chi connectivity index (χ0n) is 21.0. The van der Waals surface area contributed by atoms with Crippen LogP contribution in [0, 0.1) is 0 Å². The van der Waals surface area contributed by atoms with Gasteiger partial charge in [0.15, 0.2) is 0 Å². The zero-order chi connectivity index (χ0) is 26.3. The first-order valence-corrected chi connectivity index (χ1v) is 11.8. The lowest BCUT2D eigenvalue weighted by atomic mass is 9.65. The van der Waals surface area contributed by atoms with Gasteiger partial charge in [-0.3, -0.25) is 0 Å². The maximum atomic E-state index is 12.8. The summed E-state index contributed by atoms with van der Waals surface area (Å²) in [5, 5.41) is 0. The smallest absolute Gasteiger partial charge is 0.338 e. The van der Waals surface area contributed by atoms with Crippen molar-refractivity contribution in [3.05, 3.63) is 143 Å². The lowest BCUT2D eigenvalue weighted by Gasteiger charge is -2.37. The summed E-state index contributed by atoms with van der Waals surface area (Å²) >= 11 is 0. The molecule has 0 N–H and O–H groups in total. The largest absolute Gasteiger partial charge is 0.496 e. The van der Waals surface area contributed by atoms with Gasteiger partial charge in [-0.15, -0.1) is 0 Å². The van der Waals surface area contributed by atoms with Crippen molar-refractivity contribution < 1.29 is 23.8 Å². The molecule has 37 heavy (non-hydrogen) atoms. The Morgan fingerprint density at radius 3 is 1.51 bits per heavy atom. The third kappa shape index (κ3) is 4.89. The number of ether oxygens (including phenoxy) is 3. The van der Waals surface area contributed by atoms with Gasteiger partial charge in [-0.25, -0.2) is 9.59 Å². The van der Waals surface area contributed by atoms with E-state index in [2.05, 4.69) is 36.4 Å². The Bertz CT molecular complexity index is 1300. The summed E-state index contributed by atoms with van der Waals surface area (Å²) in [4.78, 5) is 25.1. The fraction of sp³-hybridized carbons (Fsp3) is 0.125. The molecule has 0 fully saturated rings. The van der Waals surface area contributed by atoms with Crippen molar-refractivity contribution in [2.24, 2.45) is 0 Å². The number of methoxy groups -OCH3 is 3. The molecule has 0 aromatic heterocycles. The van der Waals surface area contributed by atoms with E-state index in [1.165, 1.54) is 21.3 Å². The molecule has 0 saturated heterocycles. The average molecular weight is 493 g/mol. The second-order valence-corrected chi connectivity index (χ2v) is 8.34. The van der Waals surface area contributed by atoms with Crippen LogP contribution in [-0.4, -0.2) is 33.3 Å². The molecule has 4 rings (SSSR count). The van der Waals surface area contributed by atoms with Gasteiger partial charge in [0.2, 0.25) is 0 Å². The van der Waals surface area contributed by atoms with Crippen molar-refractivity contribution in [1.82, 2.24) is 0 Å². The quantitative estimate of drug-likeness (QED) is 0.177. The number of hydrogen-bond donors (Lipinski definition) is 0. The molecule has 186 valence electrons. The molecule has 0 atom stereocenters. The van der Waals surface area contributed by atoms with E-state index in [0.717, 1.165) is 28.3 Å². The first-order valence-electron chi connectivity index (χ1n) is 11.8. The SMILES string of the molecule is COC(=O)/C=C(\C(=O)OC)c1cc(C(c2ccccc2)(c2ccccc2)c2ccccc2)ccc1OC. The van der Waals surface area contributed by atoms with E-state index in [9.17, 15) is 9.59 Å². The van der Waals surface area contributed by atoms with Crippen molar-refractivity contribution in [2.75, 3.05) is 21.3 Å². The summed E-state index contributed by atoms with van der Waals surface area (Å²) in [5.74, 6) is -0.925. The summed E-state index contributed by atoms with van der Waals surface area (Å²) in [6.45, 7) is 0. The number of rotatable bonds is 8. The molecule has 0 aliphatic carbocycles. The van der Waals surface area contributed by atoms with Crippen LogP contribution < -0.4 is 4.74 Å². The number of carbonyl (C=O) groups excluding carboxylic acids is 2. The van der Waals surface area contributed by atoms with E-state index in [4.69, 9.17) is 14.2 Å². The second kappa shape index (κ2) is 11.4. The Kier molecular flexibility index (Phi) is 7.84. The Hall–Kier alpha value is -4.64. The molecule has 0 bridgehead atoms. The first kappa shape index (κ1) is 25.5. The van der Waals surface area contributed by atoms with Crippen molar-refractivity contribution >= 4 is 17.5 Å². The van der Waals surface area contributed by atoms with Crippen LogP contribution in [0.25, 0.3) is 5.57 Å². The van der Waals surface area contributed by atoms with Crippen LogP contribution in [0.2, 0.25) is 0 Å². The molecule has 0 unspecified atom stereocenters. The van der Waals surface area contributed by atoms with E-state index in [1.807, 2.05) is 72.8 Å². The van der Waals surface area contributed by atoms with E-state index in [1.54, 1.807) is 0 Å². The Morgan fingerprint density at radius 1 is 0.622 bits per heavy atom. The molecule has 5 nitrogen and oxygen atoms in total. The van der Waals surface area contributed by atoms with Gasteiger partial charge in [0, 0.05) is 11.6 Å². The molecule has 4 aromatic rings. The number of hydrogen-bond acceptors (Lipinski definition) is 5. The molecule has 0 heterocycles. The summed E-state index contributed by atoms with van der Waals surface area (Å²) in [7, 11) is 4.04. The zero-order valence-corrected chi connectivity index (χ0v) is 21.0. The van der Waals surface area contributed by atoms with Gasteiger partial charge in [-0.2, -0.15) is 0 Å². The highest BCUT2D eigenvalue weighted by molar-refractivity contribution is 6.21. The Balaban J connectivity index is 2.12. The van der Waals surface area contributed by atoms with Gasteiger partial charge in [0.05, 0.1) is 32.3 Å². The molecule has 0 saturated carbocycles. The highest BCUT2D eigenvalue weighted by atomic mass is 16.5. The topological polar surface area (TPSA) is 61.8 Å². The third-order valence-electron chi connectivity index (χ3n) is 6.41. The predicted octanol–water partition coefficient (Wildman–Crippen LogP) is 5.81. The van der Waals surface area contributed by atoms with Crippen molar-refractivity contribution in [3.8, 4) is 5.75 Å². The molecule has 0 spiro atoms. The minimum Gasteiger partial charge on any atom is -0.496 e. The Morgan fingerprint density at radius 2 is 1.11 bits per heavy atom. The van der Waals surface area contributed by atoms with Gasteiger partial charge >= 0.3 is 11.9 Å². The molecule has 0 aliphatic heterocycles. The fourth-order valence-electron chi connectivity index (χ4n) is 4.75. The Labute approximate surface area is 216 Å². The van der Waals surface area contributed by atoms with Crippen LogP contribution in [0.4, 0.5) is 0 Å². The summed E-state index contributed by atoms with van der Waals surface area (Å²) in [6, 6.07) is 36.3. The van der Waals surface area contributed by atoms with Gasteiger partial charge in [-0.05, 0) is 34.4 Å². The van der Waals surface area contributed by atoms with E-state index < -0.39 is 17.4 Å². The standard InChI is InChI=1S/C32H28O5/c1-35-29-20-19-26(21-27(29)28(31(34)37-3)22-30(33)36-2)32(23-13-7-4-8-14-23,24-15-9-5-10-16-24)25-17-11-6-12-18-25/h4-22H,1-3H3/b28-22-. The van der Waals surface area contributed by atoms with Gasteiger partial charge in [-0.1, -0.05) is 97.1 Å². The molecule has 4 aromatic carbocycles. The highest BCUT2D eigenvalue weighted by Gasteiger charge is 2.39. The van der Waals surface area contributed by atoms with Gasteiger partial charge < -0.3 is 14.2 Å². The van der Waals surface area contributed by atoms with Crippen LogP contribution in [0.5, 0.6) is 5.75 Å². The van der Waals surface area contributed by atoms with Crippen LogP contribution in [0.3, 0.4) is 0 Å². The second-order valence-electron chi connectivity index (χ2n) is 8.34. The minimum atomic E-state index is -0.739. The van der Waals surface area contributed by atoms with Crippen LogP contribution >= 0.6 is 0 Å². The lowest BCUT2D eigenvalue weighted by Crippen LogP contribution is -2.31. The van der Waals surface area contributed by atoms with E-state index in [-0.39, 0.29) is 5.57 Å². The fourth-order valence-corrected chi connectivity index (χ4v) is 4.75. The molecule has 0 radical (unpaired) electrons. The maximum Gasteiger partial charge on any atom is 0.338 e. The normalized spacial score (nSPS) is 11.5. The van der Waals surface area contributed by atoms with E-state index >= 15 is 0 Å². The number of carbonyl (C=O) groups is 2. The average Bonchev–Trinajstić information content (AvgIpc) is 2.97. The molecule has 0 amide bonds.